The van der Waals surface area contributed by atoms with Crippen LogP contribution in [0, 0.1) is 6.92 Å². The normalized spacial score (nSPS) is 11.0. The van der Waals surface area contributed by atoms with E-state index in [9.17, 15) is 9.59 Å². The summed E-state index contributed by atoms with van der Waals surface area (Å²) < 4.78 is 6.74. The van der Waals surface area contributed by atoms with Gasteiger partial charge in [0, 0.05) is 19.2 Å². The fraction of sp³-hybridized carbons (Fsp3) is 0.429. The first-order chi connectivity index (χ1) is 14.0. The van der Waals surface area contributed by atoms with E-state index >= 15 is 0 Å². The molecule has 3 rings (SSSR count). The molecule has 8 heteroatoms. The molecule has 0 bridgehead atoms. The van der Waals surface area contributed by atoms with E-state index in [-0.39, 0.29) is 11.5 Å². The SMILES string of the molecule is CCc1cc(Nc2nc3ncn(CCCCCOC(C)=O)c3c(=O)[nH]2)ccc1C. The van der Waals surface area contributed by atoms with Gasteiger partial charge >= 0.3 is 5.97 Å². The molecule has 2 heterocycles. The highest BCUT2D eigenvalue weighted by molar-refractivity contribution is 5.72. The van der Waals surface area contributed by atoms with E-state index in [1.807, 2.05) is 16.7 Å². The Balaban J connectivity index is 1.68. The Morgan fingerprint density at radius 3 is 2.86 bits per heavy atom. The van der Waals surface area contributed by atoms with E-state index in [0.717, 1.165) is 31.4 Å². The van der Waals surface area contributed by atoms with E-state index in [2.05, 4.69) is 40.2 Å². The number of nitrogens with one attached hydrogen (secondary N) is 2. The second kappa shape index (κ2) is 9.36. The zero-order valence-corrected chi connectivity index (χ0v) is 17.1. The number of carbonyl (C=O) groups is 1. The maximum Gasteiger partial charge on any atom is 0.302 e. The summed E-state index contributed by atoms with van der Waals surface area (Å²) in [7, 11) is 0. The second-order valence-electron chi connectivity index (χ2n) is 7.05. The highest BCUT2D eigenvalue weighted by Gasteiger charge is 2.11. The van der Waals surface area contributed by atoms with Crippen LogP contribution in [0.5, 0.6) is 0 Å². The highest BCUT2D eigenvalue weighted by Crippen LogP contribution is 2.19. The van der Waals surface area contributed by atoms with Crippen LogP contribution in [0.1, 0.15) is 44.2 Å². The van der Waals surface area contributed by atoms with Crippen molar-refractivity contribution in [2.24, 2.45) is 0 Å². The maximum absolute atomic E-state index is 12.6. The van der Waals surface area contributed by atoms with Crippen molar-refractivity contribution < 1.29 is 9.53 Å². The number of aromatic nitrogens is 4. The van der Waals surface area contributed by atoms with Gasteiger partial charge in [0.2, 0.25) is 5.95 Å². The lowest BCUT2D eigenvalue weighted by Crippen LogP contribution is -2.14. The molecule has 29 heavy (non-hydrogen) atoms. The zero-order chi connectivity index (χ0) is 20.8. The van der Waals surface area contributed by atoms with Crippen LogP contribution in [0.15, 0.2) is 29.3 Å². The largest absolute Gasteiger partial charge is 0.466 e. The van der Waals surface area contributed by atoms with Gasteiger partial charge in [0.15, 0.2) is 11.2 Å². The molecule has 0 aliphatic carbocycles. The fourth-order valence-corrected chi connectivity index (χ4v) is 3.26. The van der Waals surface area contributed by atoms with Crippen molar-refractivity contribution in [1.29, 1.82) is 0 Å². The summed E-state index contributed by atoms with van der Waals surface area (Å²) in [6.07, 6.45) is 5.13. The maximum atomic E-state index is 12.6. The van der Waals surface area contributed by atoms with Gasteiger partial charge in [-0.25, -0.2) is 4.98 Å². The predicted molar refractivity (Wildman–Crippen MR) is 112 cm³/mol. The van der Waals surface area contributed by atoms with Crippen molar-refractivity contribution in [2.75, 3.05) is 11.9 Å². The number of ether oxygens (including phenoxy) is 1. The molecule has 0 radical (unpaired) electrons. The smallest absolute Gasteiger partial charge is 0.302 e. The summed E-state index contributed by atoms with van der Waals surface area (Å²) >= 11 is 0. The van der Waals surface area contributed by atoms with Crippen molar-refractivity contribution in [2.45, 2.75) is 53.0 Å². The number of imidazole rings is 1. The van der Waals surface area contributed by atoms with Gasteiger partial charge in [0.25, 0.3) is 5.56 Å². The van der Waals surface area contributed by atoms with Gasteiger partial charge in [-0.1, -0.05) is 13.0 Å². The average Bonchev–Trinajstić information content (AvgIpc) is 3.09. The molecule has 0 unspecified atom stereocenters. The van der Waals surface area contributed by atoms with Gasteiger partial charge in [-0.05, 0) is 55.9 Å². The zero-order valence-electron chi connectivity index (χ0n) is 17.1. The van der Waals surface area contributed by atoms with Crippen LogP contribution in [-0.2, 0) is 22.5 Å². The van der Waals surface area contributed by atoms with Crippen molar-refractivity contribution in [3.05, 3.63) is 46.0 Å². The number of carbonyl (C=O) groups excluding carboxylic acids is 1. The molecular weight excluding hydrogens is 370 g/mol. The van der Waals surface area contributed by atoms with Crippen LogP contribution in [0.3, 0.4) is 0 Å². The van der Waals surface area contributed by atoms with E-state index in [0.29, 0.717) is 30.3 Å². The minimum absolute atomic E-state index is 0.224. The van der Waals surface area contributed by atoms with Crippen LogP contribution < -0.4 is 10.9 Å². The second-order valence-corrected chi connectivity index (χ2v) is 7.05. The quantitative estimate of drug-likeness (QED) is 0.423. The number of nitrogens with zero attached hydrogens (tertiary/aromatic N) is 3. The number of benzene rings is 1. The Bertz CT molecular complexity index is 1050. The molecule has 0 atom stereocenters. The summed E-state index contributed by atoms with van der Waals surface area (Å²) in [6, 6.07) is 6.08. The van der Waals surface area contributed by atoms with E-state index in [4.69, 9.17) is 4.74 Å². The summed E-state index contributed by atoms with van der Waals surface area (Å²) in [6.45, 7) is 6.68. The summed E-state index contributed by atoms with van der Waals surface area (Å²) in [4.78, 5) is 34.9. The number of rotatable bonds is 9. The standard InChI is InChI=1S/C21H27N5O3/c1-4-16-12-17(9-8-14(16)2)23-21-24-19-18(20(28)25-21)26(13-22-19)10-6-5-7-11-29-15(3)27/h8-9,12-13H,4-7,10-11H2,1-3H3,(H2,23,24,25,28). The Kier molecular flexibility index (Phi) is 6.64. The number of hydrogen-bond donors (Lipinski definition) is 2. The van der Waals surface area contributed by atoms with Crippen LogP contribution in [0.2, 0.25) is 0 Å². The Morgan fingerprint density at radius 2 is 2.10 bits per heavy atom. The van der Waals surface area contributed by atoms with Gasteiger partial charge in [-0.3, -0.25) is 14.6 Å². The molecule has 0 aliphatic heterocycles. The van der Waals surface area contributed by atoms with Crippen LogP contribution in [-0.4, -0.2) is 32.1 Å². The lowest BCUT2D eigenvalue weighted by Gasteiger charge is -2.09. The lowest BCUT2D eigenvalue weighted by atomic mass is 10.1. The molecule has 0 saturated carbocycles. The van der Waals surface area contributed by atoms with Gasteiger partial charge in [0.1, 0.15) is 0 Å². The molecule has 0 fully saturated rings. The van der Waals surface area contributed by atoms with Crippen LogP contribution in [0.4, 0.5) is 11.6 Å². The Labute approximate surface area is 169 Å². The lowest BCUT2D eigenvalue weighted by molar-refractivity contribution is -0.141. The Morgan fingerprint density at radius 1 is 1.28 bits per heavy atom. The molecule has 8 nitrogen and oxygen atoms in total. The number of anilines is 2. The highest BCUT2D eigenvalue weighted by atomic mass is 16.5. The third-order valence-corrected chi connectivity index (χ3v) is 4.82. The van der Waals surface area contributed by atoms with Gasteiger partial charge in [0.05, 0.1) is 12.9 Å². The first kappa shape index (κ1) is 20.6. The number of unbranched alkanes of at least 4 members (excludes halogenated alkanes) is 2. The average molecular weight is 397 g/mol. The summed E-state index contributed by atoms with van der Waals surface area (Å²) in [5, 5.41) is 3.17. The summed E-state index contributed by atoms with van der Waals surface area (Å²) in [5.74, 6) is 0.115. The Hall–Kier alpha value is -3.16. The van der Waals surface area contributed by atoms with Crippen molar-refractivity contribution in [1.82, 2.24) is 19.5 Å². The van der Waals surface area contributed by atoms with Crippen LogP contribution in [0.25, 0.3) is 11.2 Å². The van der Waals surface area contributed by atoms with Crippen molar-refractivity contribution in [3.63, 3.8) is 0 Å². The van der Waals surface area contributed by atoms with Crippen molar-refractivity contribution >= 4 is 28.8 Å². The molecule has 1 aromatic carbocycles. The number of aromatic amines is 1. The molecule has 2 N–H and O–H groups in total. The molecule has 3 aromatic rings. The van der Waals surface area contributed by atoms with Gasteiger partial charge < -0.3 is 14.6 Å². The molecule has 0 amide bonds. The minimum atomic E-state index is -0.260. The number of hydrogen-bond acceptors (Lipinski definition) is 6. The molecule has 2 aromatic heterocycles. The molecule has 0 spiro atoms. The van der Waals surface area contributed by atoms with Crippen molar-refractivity contribution in [3.8, 4) is 0 Å². The molecule has 0 aliphatic rings. The number of H-pyrrole nitrogens is 1. The third-order valence-electron chi connectivity index (χ3n) is 4.82. The van der Waals surface area contributed by atoms with E-state index in [1.54, 1.807) is 6.33 Å². The molecule has 0 saturated heterocycles. The first-order valence-corrected chi connectivity index (χ1v) is 9.93. The van der Waals surface area contributed by atoms with Gasteiger partial charge in [-0.15, -0.1) is 0 Å². The van der Waals surface area contributed by atoms with Crippen LogP contribution >= 0.6 is 0 Å². The molecule has 154 valence electrons. The summed E-state index contributed by atoms with van der Waals surface area (Å²) in [5.41, 5.74) is 4.02. The third kappa shape index (κ3) is 5.22. The molecular formula is C21H27N5O3. The van der Waals surface area contributed by atoms with E-state index < -0.39 is 0 Å². The monoisotopic (exact) mass is 397 g/mol. The number of esters is 1. The number of fused-ring (bicyclic) bond motifs is 1. The topological polar surface area (TPSA) is 102 Å². The van der Waals surface area contributed by atoms with E-state index in [1.165, 1.54) is 18.1 Å². The number of aryl methyl sites for hydroxylation is 3. The minimum Gasteiger partial charge on any atom is -0.466 e. The predicted octanol–water partition coefficient (Wildman–Crippen LogP) is 3.47. The fourth-order valence-electron chi connectivity index (χ4n) is 3.26. The first-order valence-electron chi connectivity index (χ1n) is 9.93. The van der Waals surface area contributed by atoms with Gasteiger partial charge in [-0.2, -0.15) is 4.98 Å².